The zero-order chi connectivity index (χ0) is 22.1. The number of amides is 1. The molecule has 0 radical (unpaired) electrons. The van der Waals surface area contributed by atoms with Gasteiger partial charge in [0.1, 0.15) is 4.21 Å². The number of carbonyl (C=O) groups is 1. The van der Waals surface area contributed by atoms with E-state index in [1.165, 1.54) is 24.2 Å². The number of hydrogen-bond acceptors (Lipinski definition) is 6. The van der Waals surface area contributed by atoms with E-state index in [4.69, 9.17) is 4.74 Å². The molecule has 0 N–H and O–H groups in total. The van der Waals surface area contributed by atoms with Crippen LogP contribution in [0.5, 0.6) is 0 Å². The second kappa shape index (κ2) is 12.3. The maximum Gasteiger partial charge on any atom is 0.252 e. The van der Waals surface area contributed by atoms with Crippen molar-refractivity contribution in [2.24, 2.45) is 5.92 Å². The number of thiophene rings is 1. The smallest absolute Gasteiger partial charge is 0.252 e. The predicted molar refractivity (Wildman–Crippen MR) is 124 cm³/mol. The molecule has 0 spiro atoms. The minimum Gasteiger partial charge on any atom is -0.379 e. The first kappa shape index (κ1) is 24.6. The van der Waals surface area contributed by atoms with Crippen molar-refractivity contribution in [1.82, 2.24) is 14.1 Å². The molecule has 0 aromatic carbocycles. The summed E-state index contributed by atoms with van der Waals surface area (Å²) in [7, 11) is -3.42. The summed E-state index contributed by atoms with van der Waals surface area (Å²) >= 11 is 1.25. The quantitative estimate of drug-likeness (QED) is 0.464. The van der Waals surface area contributed by atoms with Crippen LogP contribution in [0.15, 0.2) is 21.7 Å². The van der Waals surface area contributed by atoms with E-state index in [1.807, 2.05) is 4.90 Å². The number of piperidine rings is 1. The van der Waals surface area contributed by atoms with E-state index in [-0.39, 0.29) is 11.8 Å². The zero-order valence-electron chi connectivity index (χ0n) is 18.7. The van der Waals surface area contributed by atoms with E-state index in [1.54, 1.807) is 21.8 Å². The molecule has 0 aliphatic carbocycles. The lowest BCUT2D eigenvalue weighted by Gasteiger charge is -2.35. The number of nitrogens with zero attached hydrogens (tertiary/aromatic N) is 3. The Labute approximate surface area is 191 Å². The molecule has 3 rings (SSSR count). The second-order valence-corrected chi connectivity index (χ2v) is 11.6. The Kier molecular flexibility index (Phi) is 9.77. The molecule has 176 valence electrons. The van der Waals surface area contributed by atoms with Crippen LogP contribution in [0.4, 0.5) is 0 Å². The van der Waals surface area contributed by atoms with Gasteiger partial charge in [-0.2, -0.15) is 4.31 Å². The van der Waals surface area contributed by atoms with Gasteiger partial charge in [0.25, 0.3) is 10.0 Å². The van der Waals surface area contributed by atoms with Crippen molar-refractivity contribution in [2.45, 2.75) is 49.7 Å². The summed E-state index contributed by atoms with van der Waals surface area (Å²) in [6.07, 6.45) is 5.77. The standard InChI is InChI=1S/C22H37N3O4S2/c1-2-3-4-5-10-24(14-13-23-15-17-29-18-16-23)22(26)20-8-11-25(12-9-20)31(27,28)21-7-6-19-30-21/h6-7,19-20H,2-5,8-18H2,1H3. The largest absolute Gasteiger partial charge is 0.379 e. The van der Waals surface area contributed by atoms with Gasteiger partial charge in [0.2, 0.25) is 5.91 Å². The molecule has 0 atom stereocenters. The predicted octanol–water partition coefficient (Wildman–Crippen LogP) is 2.89. The molecule has 31 heavy (non-hydrogen) atoms. The highest BCUT2D eigenvalue weighted by atomic mass is 32.2. The first-order valence-corrected chi connectivity index (χ1v) is 14.0. The zero-order valence-corrected chi connectivity index (χ0v) is 20.3. The second-order valence-electron chi connectivity index (χ2n) is 8.45. The van der Waals surface area contributed by atoms with Gasteiger partial charge in [-0.3, -0.25) is 9.69 Å². The molecule has 3 heterocycles. The third-order valence-electron chi connectivity index (χ3n) is 6.28. The molecule has 2 fully saturated rings. The Balaban J connectivity index is 1.54. The maximum absolute atomic E-state index is 13.3. The van der Waals surface area contributed by atoms with Crippen molar-refractivity contribution in [3.63, 3.8) is 0 Å². The summed E-state index contributed by atoms with van der Waals surface area (Å²) in [4.78, 5) is 17.7. The van der Waals surface area contributed by atoms with Gasteiger partial charge in [0, 0.05) is 51.7 Å². The third kappa shape index (κ3) is 6.99. The molecule has 2 aliphatic rings. The van der Waals surface area contributed by atoms with Gasteiger partial charge in [-0.1, -0.05) is 32.3 Å². The maximum atomic E-state index is 13.3. The fraction of sp³-hybridized carbons (Fsp3) is 0.773. The van der Waals surface area contributed by atoms with Crippen LogP contribution in [-0.4, -0.2) is 87.5 Å². The Morgan fingerprint density at radius 1 is 1.13 bits per heavy atom. The summed E-state index contributed by atoms with van der Waals surface area (Å²) in [6.45, 7) is 8.86. The lowest BCUT2D eigenvalue weighted by Crippen LogP contribution is -2.47. The van der Waals surface area contributed by atoms with Crippen molar-refractivity contribution in [3.05, 3.63) is 17.5 Å². The molecule has 0 unspecified atom stereocenters. The van der Waals surface area contributed by atoms with E-state index in [0.717, 1.165) is 58.8 Å². The SMILES string of the molecule is CCCCCCN(CCN1CCOCC1)C(=O)C1CCN(S(=O)(=O)c2cccs2)CC1. The van der Waals surface area contributed by atoms with Gasteiger partial charge in [-0.25, -0.2) is 8.42 Å². The highest BCUT2D eigenvalue weighted by molar-refractivity contribution is 7.91. The molecular weight excluding hydrogens is 434 g/mol. The summed E-state index contributed by atoms with van der Waals surface area (Å²) in [6, 6.07) is 3.42. The Morgan fingerprint density at radius 3 is 2.52 bits per heavy atom. The van der Waals surface area contributed by atoms with Crippen LogP contribution in [0.3, 0.4) is 0 Å². The van der Waals surface area contributed by atoms with Crippen molar-refractivity contribution in [3.8, 4) is 0 Å². The van der Waals surface area contributed by atoms with E-state index in [2.05, 4.69) is 11.8 Å². The number of rotatable bonds is 11. The van der Waals surface area contributed by atoms with Gasteiger partial charge >= 0.3 is 0 Å². The summed E-state index contributed by atoms with van der Waals surface area (Å²) in [5.41, 5.74) is 0. The first-order valence-electron chi connectivity index (χ1n) is 11.6. The summed E-state index contributed by atoms with van der Waals surface area (Å²) in [5, 5.41) is 1.79. The van der Waals surface area contributed by atoms with Gasteiger partial charge in [0.15, 0.2) is 0 Å². The number of carbonyl (C=O) groups excluding carboxylic acids is 1. The number of unbranched alkanes of at least 4 members (excludes halogenated alkanes) is 3. The monoisotopic (exact) mass is 471 g/mol. The van der Waals surface area contributed by atoms with Crippen molar-refractivity contribution < 1.29 is 17.9 Å². The van der Waals surface area contributed by atoms with E-state index >= 15 is 0 Å². The highest BCUT2D eigenvalue weighted by Crippen LogP contribution is 2.27. The topological polar surface area (TPSA) is 70.2 Å². The van der Waals surface area contributed by atoms with Gasteiger partial charge < -0.3 is 9.64 Å². The summed E-state index contributed by atoms with van der Waals surface area (Å²) < 4.78 is 32.9. The molecule has 2 saturated heterocycles. The van der Waals surface area contributed by atoms with E-state index < -0.39 is 10.0 Å². The molecule has 1 aromatic heterocycles. The number of morpholine rings is 1. The van der Waals surface area contributed by atoms with Crippen LogP contribution in [0.1, 0.15) is 45.4 Å². The highest BCUT2D eigenvalue weighted by Gasteiger charge is 2.34. The lowest BCUT2D eigenvalue weighted by molar-refractivity contribution is -0.137. The van der Waals surface area contributed by atoms with Crippen LogP contribution in [-0.2, 0) is 19.6 Å². The van der Waals surface area contributed by atoms with Crippen molar-refractivity contribution in [1.29, 1.82) is 0 Å². The molecule has 2 aliphatic heterocycles. The van der Waals surface area contributed by atoms with Crippen LogP contribution in [0, 0.1) is 5.92 Å². The number of hydrogen-bond donors (Lipinski definition) is 0. The Bertz CT molecular complexity index is 756. The Hall–Kier alpha value is -1.00. The normalized spacial score (nSPS) is 19.5. The number of sulfonamides is 1. The van der Waals surface area contributed by atoms with Crippen LogP contribution in [0.2, 0.25) is 0 Å². The van der Waals surface area contributed by atoms with E-state index in [9.17, 15) is 13.2 Å². The first-order chi connectivity index (χ1) is 15.0. The van der Waals surface area contributed by atoms with Gasteiger partial charge in [-0.15, -0.1) is 11.3 Å². The molecular formula is C22H37N3O4S2. The van der Waals surface area contributed by atoms with E-state index in [0.29, 0.717) is 30.1 Å². The van der Waals surface area contributed by atoms with Crippen LogP contribution >= 0.6 is 11.3 Å². The average Bonchev–Trinajstić information content (AvgIpc) is 3.35. The van der Waals surface area contributed by atoms with Crippen molar-refractivity contribution in [2.75, 3.05) is 59.0 Å². The molecule has 9 heteroatoms. The molecule has 0 bridgehead atoms. The van der Waals surface area contributed by atoms with Crippen LogP contribution < -0.4 is 0 Å². The minimum absolute atomic E-state index is 0.0781. The van der Waals surface area contributed by atoms with Crippen molar-refractivity contribution >= 4 is 27.3 Å². The van der Waals surface area contributed by atoms with Gasteiger partial charge in [0.05, 0.1) is 13.2 Å². The van der Waals surface area contributed by atoms with Crippen LogP contribution in [0.25, 0.3) is 0 Å². The fourth-order valence-electron chi connectivity index (χ4n) is 4.29. The third-order valence-corrected chi connectivity index (χ3v) is 9.55. The van der Waals surface area contributed by atoms with Gasteiger partial charge in [-0.05, 0) is 30.7 Å². The molecule has 7 nitrogen and oxygen atoms in total. The Morgan fingerprint density at radius 2 is 1.87 bits per heavy atom. The number of ether oxygens (including phenoxy) is 1. The minimum atomic E-state index is -3.42. The fourth-order valence-corrected chi connectivity index (χ4v) is 6.90. The lowest BCUT2D eigenvalue weighted by atomic mass is 9.96. The average molecular weight is 472 g/mol. The molecule has 1 aromatic rings. The molecule has 0 saturated carbocycles. The molecule has 1 amide bonds. The summed E-state index contributed by atoms with van der Waals surface area (Å²) in [5.74, 6) is 0.128.